The first-order valence-electron chi connectivity index (χ1n) is 5.82. The number of hydrogen-bond acceptors (Lipinski definition) is 1. The maximum absolute atomic E-state index is 10.3. The summed E-state index contributed by atoms with van der Waals surface area (Å²) >= 11 is 3.38. The standard InChI is InChI=1S/C6H13Br.C5H10N2O/c1-2-3-4-5-6-7;6-5(8)7-3-1-2-4-7/h2-6H2,1H3;1-4H2,(H2,6,8). The maximum Gasteiger partial charge on any atom is 0.314 e. The molecular weight excluding hydrogens is 256 g/mol. The van der Waals surface area contributed by atoms with Crippen LogP contribution in [0.4, 0.5) is 4.79 Å². The summed E-state index contributed by atoms with van der Waals surface area (Å²) < 4.78 is 0. The summed E-state index contributed by atoms with van der Waals surface area (Å²) in [6.07, 6.45) is 7.69. The van der Waals surface area contributed by atoms with Crippen molar-refractivity contribution in [3.8, 4) is 0 Å². The molecule has 2 amide bonds. The van der Waals surface area contributed by atoms with E-state index >= 15 is 0 Å². The van der Waals surface area contributed by atoms with Gasteiger partial charge in [0.2, 0.25) is 0 Å². The first-order chi connectivity index (χ1) is 7.22. The number of urea groups is 1. The van der Waals surface area contributed by atoms with Crippen molar-refractivity contribution in [2.75, 3.05) is 18.4 Å². The summed E-state index contributed by atoms with van der Waals surface area (Å²) in [6.45, 7) is 3.94. The Hall–Kier alpha value is -0.250. The lowest BCUT2D eigenvalue weighted by atomic mass is 10.2. The number of alkyl halides is 1. The van der Waals surface area contributed by atoms with Gasteiger partial charge in [-0.1, -0.05) is 42.1 Å². The van der Waals surface area contributed by atoms with Gasteiger partial charge in [0, 0.05) is 18.4 Å². The van der Waals surface area contributed by atoms with Crippen LogP contribution in [0.25, 0.3) is 0 Å². The van der Waals surface area contributed by atoms with Crippen molar-refractivity contribution in [3.05, 3.63) is 0 Å². The summed E-state index contributed by atoms with van der Waals surface area (Å²) in [5.41, 5.74) is 4.98. The topological polar surface area (TPSA) is 46.3 Å². The van der Waals surface area contributed by atoms with Gasteiger partial charge < -0.3 is 10.6 Å². The van der Waals surface area contributed by atoms with Crippen LogP contribution < -0.4 is 5.73 Å². The molecular formula is C11H23BrN2O. The van der Waals surface area contributed by atoms with Crippen LogP contribution in [0.2, 0.25) is 0 Å². The highest BCUT2D eigenvalue weighted by Crippen LogP contribution is 2.05. The second-order valence-electron chi connectivity index (χ2n) is 3.78. The SMILES string of the molecule is CCCCCCBr.NC(=O)N1CCCC1. The molecule has 1 saturated heterocycles. The van der Waals surface area contributed by atoms with Gasteiger partial charge in [-0.05, 0) is 19.3 Å². The van der Waals surface area contributed by atoms with E-state index in [2.05, 4.69) is 22.9 Å². The lowest BCUT2D eigenvalue weighted by Gasteiger charge is -2.09. The quantitative estimate of drug-likeness (QED) is 0.623. The summed E-state index contributed by atoms with van der Waals surface area (Å²) in [5, 5.41) is 1.17. The first-order valence-corrected chi connectivity index (χ1v) is 6.94. The number of primary amides is 1. The Morgan fingerprint density at radius 2 is 1.87 bits per heavy atom. The minimum Gasteiger partial charge on any atom is -0.351 e. The van der Waals surface area contributed by atoms with Crippen LogP contribution >= 0.6 is 15.9 Å². The van der Waals surface area contributed by atoms with Crippen molar-refractivity contribution in [3.63, 3.8) is 0 Å². The lowest BCUT2D eigenvalue weighted by Crippen LogP contribution is -2.32. The van der Waals surface area contributed by atoms with E-state index in [1.165, 1.54) is 31.0 Å². The second kappa shape index (κ2) is 10.3. The van der Waals surface area contributed by atoms with Crippen LogP contribution in [0.5, 0.6) is 0 Å². The highest BCUT2D eigenvalue weighted by Gasteiger charge is 2.13. The Kier molecular flexibility index (Phi) is 10.1. The zero-order chi connectivity index (χ0) is 11.5. The number of amides is 2. The zero-order valence-electron chi connectivity index (χ0n) is 9.67. The monoisotopic (exact) mass is 278 g/mol. The number of likely N-dealkylation sites (tertiary alicyclic amines) is 1. The van der Waals surface area contributed by atoms with Crippen molar-refractivity contribution >= 4 is 22.0 Å². The molecule has 4 heteroatoms. The zero-order valence-corrected chi connectivity index (χ0v) is 11.3. The lowest BCUT2D eigenvalue weighted by molar-refractivity contribution is 0.218. The molecule has 15 heavy (non-hydrogen) atoms. The molecule has 0 unspecified atom stereocenters. The van der Waals surface area contributed by atoms with Gasteiger partial charge in [0.15, 0.2) is 0 Å². The third kappa shape index (κ3) is 8.73. The van der Waals surface area contributed by atoms with E-state index in [1.54, 1.807) is 4.90 Å². The Labute approximate surface area is 102 Å². The first kappa shape index (κ1) is 14.8. The van der Waals surface area contributed by atoms with Crippen LogP contribution in [-0.2, 0) is 0 Å². The smallest absolute Gasteiger partial charge is 0.314 e. The molecule has 90 valence electrons. The highest BCUT2D eigenvalue weighted by atomic mass is 79.9. The molecule has 0 aromatic rings. The van der Waals surface area contributed by atoms with Gasteiger partial charge in [-0.25, -0.2) is 4.79 Å². The summed E-state index contributed by atoms with van der Waals surface area (Å²) in [5.74, 6) is 0. The fourth-order valence-corrected chi connectivity index (χ4v) is 1.86. The molecule has 0 spiro atoms. The Bertz CT molecular complexity index is 155. The number of rotatable bonds is 4. The van der Waals surface area contributed by atoms with Gasteiger partial charge >= 0.3 is 6.03 Å². The van der Waals surface area contributed by atoms with Crippen molar-refractivity contribution in [1.29, 1.82) is 0 Å². The molecule has 1 fully saturated rings. The fourth-order valence-electron chi connectivity index (χ4n) is 1.46. The van der Waals surface area contributed by atoms with Gasteiger partial charge in [0.25, 0.3) is 0 Å². The molecule has 0 bridgehead atoms. The van der Waals surface area contributed by atoms with Crippen molar-refractivity contribution in [2.24, 2.45) is 5.73 Å². The largest absolute Gasteiger partial charge is 0.351 e. The average molecular weight is 279 g/mol. The van der Waals surface area contributed by atoms with E-state index in [1.807, 2.05) is 0 Å². The van der Waals surface area contributed by atoms with Crippen molar-refractivity contribution < 1.29 is 4.79 Å². The predicted molar refractivity (Wildman–Crippen MR) is 68.3 cm³/mol. The van der Waals surface area contributed by atoms with Crippen LogP contribution in [0.15, 0.2) is 0 Å². The van der Waals surface area contributed by atoms with E-state index in [0.29, 0.717) is 0 Å². The molecule has 3 nitrogen and oxygen atoms in total. The molecule has 0 atom stereocenters. The third-order valence-corrected chi connectivity index (χ3v) is 2.97. The normalized spacial score (nSPS) is 14.7. The summed E-state index contributed by atoms with van der Waals surface area (Å²) in [6, 6.07) is -0.275. The van der Waals surface area contributed by atoms with Crippen LogP contribution in [0.3, 0.4) is 0 Å². The molecule has 0 aromatic carbocycles. The summed E-state index contributed by atoms with van der Waals surface area (Å²) in [4.78, 5) is 12.0. The average Bonchev–Trinajstić information content (AvgIpc) is 2.72. The van der Waals surface area contributed by atoms with Gasteiger partial charge in [0.1, 0.15) is 0 Å². The molecule has 1 aliphatic rings. The number of halogens is 1. The van der Waals surface area contributed by atoms with Gasteiger partial charge in [-0.15, -0.1) is 0 Å². The van der Waals surface area contributed by atoms with Crippen LogP contribution in [0.1, 0.15) is 45.4 Å². The summed E-state index contributed by atoms with van der Waals surface area (Å²) in [7, 11) is 0. The van der Waals surface area contributed by atoms with E-state index in [0.717, 1.165) is 25.9 Å². The minimum absolute atomic E-state index is 0.275. The molecule has 1 heterocycles. The molecule has 0 aromatic heterocycles. The van der Waals surface area contributed by atoms with Crippen LogP contribution in [-0.4, -0.2) is 29.4 Å². The number of nitrogens with zero attached hydrogens (tertiary/aromatic N) is 1. The van der Waals surface area contributed by atoms with Crippen LogP contribution in [0, 0.1) is 0 Å². The number of carbonyl (C=O) groups excluding carboxylic acids is 1. The van der Waals surface area contributed by atoms with Gasteiger partial charge in [0.05, 0.1) is 0 Å². The highest BCUT2D eigenvalue weighted by molar-refractivity contribution is 9.09. The second-order valence-corrected chi connectivity index (χ2v) is 4.58. The fraction of sp³-hybridized carbons (Fsp3) is 0.909. The maximum atomic E-state index is 10.3. The third-order valence-electron chi connectivity index (χ3n) is 2.40. The molecule has 0 saturated carbocycles. The van der Waals surface area contributed by atoms with Crippen molar-refractivity contribution in [1.82, 2.24) is 4.90 Å². The van der Waals surface area contributed by atoms with E-state index < -0.39 is 0 Å². The predicted octanol–water partition coefficient (Wildman–Crippen LogP) is 3.12. The van der Waals surface area contributed by atoms with Crippen molar-refractivity contribution in [2.45, 2.75) is 45.4 Å². The Balaban J connectivity index is 0.000000265. The molecule has 2 N–H and O–H groups in total. The molecule has 0 radical (unpaired) electrons. The minimum atomic E-state index is -0.275. The van der Waals surface area contributed by atoms with Gasteiger partial charge in [-0.2, -0.15) is 0 Å². The molecule has 1 aliphatic heterocycles. The number of hydrogen-bond donors (Lipinski definition) is 1. The number of carbonyl (C=O) groups is 1. The van der Waals surface area contributed by atoms with Gasteiger partial charge in [-0.3, -0.25) is 0 Å². The van der Waals surface area contributed by atoms with E-state index in [9.17, 15) is 4.79 Å². The van der Waals surface area contributed by atoms with E-state index in [4.69, 9.17) is 5.73 Å². The Morgan fingerprint density at radius 1 is 1.27 bits per heavy atom. The molecule has 0 aliphatic carbocycles. The Morgan fingerprint density at radius 3 is 2.20 bits per heavy atom. The van der Waals surface area contributed by atoms with E-state index in [-0.39, 0.29) is 6.03 Å². The molecule has 1 rings (SSSR count). The number of nitrogens with two attached hydrogens (primary N) is 1. The number of unbranched alkanes of at least 4 members (excludes halogenated alkanes) is 3.